The van der Waals surface area contributed by atoms with Gasteiger partial charge in [-0.3, -0.25) is 9.48 Å². The molecule has 0 atom stereocenters. The highest BCUT2D eigenvalue weighted by Gasteiger charge is 2.19. The van der Waals surface area contributed by atoms with Gasteiger partial charge < -0.3 is 14.7 Å². The molecule has 0 saturated heterocycles. The van der Waals surface area contributed by atoms with Crippen LogP contribution in [0.15, 0.2) is 36.7 Å². The quantitative estimate of drug-likeness (QED) is 0.680. The maximum Gasteiger partial charge on any atom is 0.254 e. The number of fused-ring (bicyclic) bond motifs is 1. The summed E-state index contributed by atoms with van der Waals surface area (Å²) in [4.78, 5) is 19.6. The molecule has 0 radical (unpaired) electrons. The van der Waals surface area contributed by atoms with E-state index in [0.717, 1.165) is 10.9 Å². The zero-order chi connectivity index (χ0) is 20.3. The van der Waals surface area contributed by atoms with Gasteiger partial charge in [0.15, 0.2) is 0 Å². The number of benzene rings is 1. The van der Waals surface area contributed by atoms with E-state index in [2.05, 4.69) is 18.9 Å². The smallest absolute Gasteiger partial charge is 0.254 e. The summed E-state index contributed by atoms with van der Waals surface area (Å²) in [5.74, 6) is 1.01. The predicted octanol–water partition coefficient (Wildman–Crippen LogP) is 2.83. The molecule has 0 aliphatic rings. The van der Waals surface area contributed by atoms with Gasteiger partial charge in [-0.2, -0.15) is 5.10 Å². The maximum absolute atomic E-state index is 13.2. The molecule has 1 aromatic carbocycles. The van der Waals surface area contributed by atoms with Crippen molar-refractivity contribution < 1.29 is 14.6 Å². The lowest BCUT2D eigenvalue weighted by atomic mass is 10.0. The number of carbonyl (C=O) groups excluding carboxylic acids is 1. The summed E-state index contributed by atoms with van der Waals surface area (Å²) in [7, 11) is 3.42. The highest BCUT2D eigenvalue weighted by atomic mass is 16.5. The molecule has 3 aromatic rings. The van der Waals surface area contributed by atoms with E-state index in [-0.39, 0.29) is 12.5 Å². The van der Waals surface area contributed by atoms with E-state index in [4.69, 9.17) is 14.8 Å². The second-order valence-corrected chi connectivity index (χ2v) is 7.23. The number of aliphatic hydroxyl groups excluding tert-OH is 1. The van der Waals surface area contributed by atoms with Crippen LogP contribution in [0.3, 0.4) is 0 Å². The lowest BCUT2D eigenvalue weighted by Crippen LogP contribution is -2.30. The highest BCUT2D eigenvalue weighted by Crippen LogP contribution is 2.28. The molecule has 2 heterocycles. The fourth-order valence-electron chi connectivity index (χ4n) is 3.22. The summed E-state index contributed by atoms with van der Waals surface area (Å²) >= 11 is 0. The normalized spacial score (nSPS) is 11.2. The van der Waals surface area contributed by atoms with Gasteiger partial charge in [0, 0.05) is 36.8 Å². The Morgan fingerprint density at radius 3 is 2.79 bits per heavy atom. The van der Waals surface area contributed by atoms with E-state index < -0.39 is 0 Å². The van der Waals surface area contributed by atoms with E-state index in [1.54, 1.807) is 22.9 Å². The third-order valence-corrected chi connectivity index (χ3v) is 4.49. The zero-order valence-corrected chi connectivity index (χ0v) is 16.7. The van der Waals surface area contributed by atoms with Crippen molar-refractivity contribution in [3.63, 3.8) is 0 Å². The van der Waals surface area contributed by atoms with E-state index in [9.17, 15) is 4.79 Å². The lowest BCUT2D eigenvalue weighted by Gasteiger charge is -2.20. The molecule has 7 nitrogen and oxygen atoms in total. The highest BCUT2D eigenvalue weighted by molar-refractivity contribution is 6.07. The largest absolute Gasteiger partial charge is 0.497 e. The van der Waals surface area contributed by atoms with Crippen LogP contribution in [0.25, 0.3) is 22.2 Å². The predicted molar refractivity (Wildman–Crippen MR) is 108 cm³/mol. The van der Waals surface area contributed by atoms with Gasteiger partial charge in [-0.15, -0.1) is 0 Å². The minimum absolute atomic E-state index is 0.00714. The van der Waals surface area contributed by atoms with Crippen LogP contribution in [0.2, 0.25) is 0 Å². The molecule has 0 fully saturated rings. The first-order valence-corrected chi connectivity index (χ1v) is 9.31. The van der Waals surface area contributed by atoms with Crippen LogP contribution >= 0.6 is 0 Å². The van der Waals surface area contributed by atoms with Crippen molar-refractivity contribution in [1.82, 2.24) is 19.7 Å². The number of methoxy groups -OCH3 is 1. The fourth-order valence-corrected chi connectivity index (χ4v) is 3.22. The molecule has 1 N–H and O–H groups in total. The Labute approximate surface area is 164 Å². The Kier molecular flexibility index (Phi) is 5.94. The van der Waals surface area contributed by atoms with E-state index in [0.29, 0.717) is 41.5 Å². The lowest BCUT2D eigenvalue weighted by molar-refractivity contribution is 0.0781. The Hall–Kier alpha value is -2.93. The summed E-state index contributed by atoms with van der Waals surface area (Å²) in [5, 5.41) is 14.1. The van der Waals surface area contributed by atoms with Crippen LogP contribution in [-0.2, 0) is 6.54 Å². The van der Waals surface area contributed by atoms with Crippen LogP contribution < -0.4 is 4.74 Å². The third-order valence-electron chi connectivity index (χ3n) is 4.49. The zero-order valence-electron chi connectivity index (χ0n) is 16.7. The number of aliphatic hydroxyl groups is 1. The van der Waals surface area contributed by atoms with Crippen molar-refractivity contribution in [2.45, 2.75) is 20.4 Å². The van der Waals surface area contributed by atoms with E-state index in [1.165, 1.54) is 0 Å². The maximum atomic E-state index is 13.2. The molecule has 28 heavy (non-hydrogen) atoms. The number of ether oxygens (including phenoxy) is 1. The average Bonchev–Trinajstić information content (AvgIpc) is 3.14. The number of rotatable bonds is 7. The Bertz CT molecular complexity index is 981. The average molecular weight is 382 g/mol. The van der Waals surface area contributed by atoms with Crippen molar-refractivity contribution >= 4 is 16.8 Å². The van der Waals surface area contributed by atoms with Gasteiger partial charge >= 0.3 is 0 Å². The van der Waals surface area contributed by atoms with Crippen LogP contribution in [0.5, 0.6) is 5.75 Å². The molecule has 3 rings (SSSR count). The van der Waals surface area contributed by atoms with Gasteiger partial charge in [0.2, 0.25) is 0 Å². The molecule has 148 valence electrons. The van der Waals surface area contributed by atoms with Gasteiger partial charge in [0.05, 0.1) is 43.2 Å². The van der Waals surface area contributed by atoms with E-state index >= 15 is 0 Å². The summed E-state index contributed by atoms with van der Waals surface area (Å²) in [6.07, 6.45) is 3.51. The number of hydrogen-bond donors (Lipinski definition) is 1. The number of nitrogens with zero attached hydrogens (tertiary/aromatic N) is 4. The van der Waals surface area contributed by atoms with Gasteiger partial charge in [-0.05, 0) is 24.1 Å². The molecule has 1 amide bonds. The number of carbonyl (C=O) groups is 1. The molecule has 0 saturated carbocycles. The molecule has 0 unspecified atom stereocenters. The van der Waals surface area contributed by atoms with Crippen molar-refractivity contribution in [3.05, 3.63) is 42.2 Å². The number of aromatic nitrogens is 3. The van der Waals surface area contributed by atoms with Crippen LogP contribution in [0.4, 0.5) is 0 Å². The third kappa shape index (κ3) is 4.14. The Morgan fingerprint density at radius 2 is 2.11 bits per heavy atom. The first kappa shape index (κ1) is 19.8. The molecule has 0 bridgehead atoms. The molecule has 0 spiro atoms. The van der Waals surface area contributed by atoms with Crippen LogP contribution in [0.1, 0.15) is 24.2 Å². The van der Waals surface area contributed by atoms with Gasteiger partial charge in [0.25, 0.3) is 5.91 Å². The van der Waals surface area contributed by atoms with Crippen LogP contribution in [-0.4, -0.2) is 58.0 Å². The molecule has 0 aliphatic heterocycles. The van der Waals surface area contributed by atoms with Gasteiger partial charge in [-0.25, -0.2) is 4.98 Å². The Morgan fingerprint density at radius 1 is 1.32 bits per heavy atom. The standard InChI is InChI=1S/C21H26N4O3/c1-14(2)12-24(3)21(27)18-10-19(15-11-22-25(13-15)7-8-26)23-20-9-16(28-4)5-6-17(18)20/h5-6,9-11,13-14,26H,7-8,12H2,1-4H3. The summed E-state index contributed by atoms with van der Waals surface area (Å²) < 4.78 is 6.98. The van der Waals surface area contributed by atoms with Crippen LogP contribution in [0, 0.1) is 5.92 Å². The van der Waals surface area contributed by atoms with Gasteiger partial charge in [-0.1, -0.05) is 13.8 Å². The summed E-state index contributed by atoms with van der Waals surface area (Å²) in [5.41, 5.74) is 2.73. The minimum Gasteiger partial charge on any atom is -0.497 e. The second-order valence-electron chi connectivity index (χ2n) is 7.23. The number of amides is 1. The monoisotopic (exact) mass is 382 g/mol. The number of hydrogen-bond acceptors (Lipinski definition) is 5. The second kappa shape index (κ2) is 8.39. The number of pyridine rings is 1. The molecular weight excluding hydrogens is 356 g/mol. The summed E-state index contributed by atoms with van der Waals surface area (Å²) in [6, 6.07) is 7.35. The first-order valence-electron chi connectivity index (χ1n) is 9.31. The molecular formula is C21H26N4O3. The topological polar surface area (TPSA) is 80.5 Å². The fraction of sp³-hybridized carbons (Fsp3) is 0.381. The minimum atomic E-state index is -0.0460. The first-order chi connectivity index (χ1) is 13.4. The van der Waals surface area contributed by atoms with Gasteiger partial charge in [0.1, 0.15) is 5.75 Å². The SMILES string of the molecule is COc1ccc2c(C(=O)N(C)CC(C)C)cc(-c3cnn(CCO)c3)nc2c1. The molecule has 7 heteroatoms. The summed E-state index contributed by atoms with van der Waals surface area (Å²) in [6.45, 7) is 5.25. The Balaban J connectivity index is 2.13. The van der Waals surface area contributed by atoms with E-state index in [1.807, 2.05) is 37.5 Å². The van der Waals surface area contributed by atoms with Crippen molar-refractivity contribution in [2.24, 2.45) is 5.92 Å². The molecule has 0 aliphatic carbocycles. The van der Waals surface area contributed by atoms with Crippen molar-refractivity contribution in [3.8, 4) is 17.0 Å². The van der Waals surface area contributed by atoms with Crippen molar-refractivity contribution in [2.75, 3.05) is 27.3 Å². The van der Waals surface area contributed by atoms with Crippen molar-refractivity contribution in [1.29, 1.82) is 0 Å². The molecule has 2 aromatic heterocycles.